The highest BCUT2D eigenvalue weighted by atomic mass is 16.2. The number of hydrogen-bond donors (Lipinski definition) is 3. The Labute approximate surface area is 146 Å². The van der Waals surface area contributed by atoms with Crippen molar-refractivity contribution in [3.8, 4) is 0 Å². The Hall–Kier alpha value is -1.36. The minimum atomic E-state index is -0.486. The van der Waals surface area contributed by atoms with E-state index < -0.39 is 11.9 Å². The summed E-state index contributed by atoms with van der Waals surface area (Å²) < 4.78 is 0. The summed E-state index contributed by atoms with van der Waals surface area (Å²) in [5.41, 5.74) is 5.16. The van der Waals surface area contributed by atoms with Crippen molar-refractivity contribution in [1.29, 1.82) is 0 Å². The van der Waals surface area contributed by atoms with E-state index in [0.717, 1.165) is 6.54 Å². The maximum atomic E-state index is 10.8. The predicted octanol–water partition coefficient (Wildman–Crippen LogP) is 3.21. The summed E-state index contributed by atoms with van der Waals surface area (Å²) in [4.78, 5) is 21.4. The van der Waals surface area contributed by atoms with Gasteiger partial charge in [-0.15, -0.1) is 0 Å². The van der Waals surface area contributed by atoms with Gasteiger partial charge >= 0.3 is 6.03 Å². The molecule has 3 rings (SSSR count). The number of nitrogens with two attached hydrogens (primary N) is 1. The average molecular weight is 338 g/mol. The average Bonchev–Trinajstić information content (AvgIpc) is 3.23. The predicted molar refractivity (Wildman–Crippen MR) is 98.4 cm³/mol. The van der Waals surface area contributed by atoms with Crippen LogP contribution in [0.15, 0.2) is 12.2 Å². The number of fused-ring (bicyclic) bond motifs is 5. The lowest BCUT2D eigenvalue weighted by atomic mass is 9.82. The molecule has 0 heterocycles. The number of imide groups is 1. The Bertz CT molecular complexity index is 420. The molecule has 3 aliphatic carbocycles. The number of hydrogen-bond acceptors (Lipinski definition) is 3. The molecule has 3 fully saturated rings. The monoisotopic (exact) mass is 337 g/mol. The van der Waals surface area contributed by atoms with E-state index in [2.05, 4.69) is 17.2 Å². The van der Waals surface area contributed by atoms with Gasteiger partial charge in [-0.25, -0.2) is 4.79 Å². The molecule has 0 aromatic carbocycles. The first-order valence-electron chi connectivity index (χ1n) is 9.39. The zero-order valence-corrected chi connectivity index (χ0v) is 15.6. The van der Waals surface area contributed by atoms with Crippen molar-refractivity contribution in [2.24, 2.45) is 29.4 Å². The highest BCUT2D eigenvalue weighted by Gasteiger charge is 2.48. The molecule has 0 aliphatic heterocycles. The molecule has 3 amide bonds. The zero-order chi connectivity index (χ0) is 18.1. The largest absolute Gasteiger partial charge is 0.338 e. The lowest BCUT2D eigenvalue weighted by molar-refractivity contribution is -0.116. The van der Waals surface area contributed by atoms with Crippen LogP contribution in [0.1, 0.15) is 59.3 Å². The summed E-state index contributed by atoms with van der Waals surface area (Å²) >= 11 is 0. The van der Waals surface area contributed by atoms with Crippen LogP contribution in [0.5, 0.6) is 0 Å². The molecule has 24 heavy (non-hydrogen) atoms. The third-order valence-corrected chi connectivity index (χ3v) is 5.30. The van der Waals surface area contributed by atoms with Crippen LogP contribution in [0.3, 0.4) is 0 Å². The Morgan fingerprint density at radius 3 is 2.00 bits per heavy atom. The van der Waals surface area contributed by atoms with E-state index in [1.807, 2.05) is 6.92 Å². The van der Waals surface area contributed by atoms with Crippen LogP contribution in [-0.4, -0.2) is 25.0 Å². The second-order valence-electron chi connectivity index (χ2n) is 7.09. The van der Waals surface area contributed by atoms with Crippen LogP contribution < -0.4 is 16.4 Å². The van der Waals surface area contributed by atoms with Gasteiger partial charge in [-0.2, -0.15) is 0 Å². The molecule has 0 aromatic rings. The van der Waals surface area contributed by atoms with Crippen LogP contribution in [0, 0.1) is 23.7 Å². The molecule has 0 aromatic heterocycles. The summed E-state index contributed by atoms with van der Waals surface area (Å²) in [7, 11) is 0. The van der Waals surface area contributed by atoms with Crippen molar-refractivity contribution in [3.05, 3.63) is 12.2 Å². The van der Waals surface area contributed by atoms with Crippen LogP contribution in [0.4, 0.5) is 4.79 Å². The van der Waals surface area contributed by atoms with Gasteiger partial charge in [0.2, 0.25) is 0 Å². The second kappa shape index (κ2) is 10.5. The maximum absolute atomic E-state index is 10.8. The fraction of sp³-hybridized carbons (Fsp3) is 0.789. The summed E-state index contributed by atoms with van der Waals surface area (Å²) in [5, 5.41) is 4.51. The van der Waals surface area contributed by atoms with E-state index in [9.17, 15) is 9.59 Å². The lowest BCUT2D eigenvalue weighted by Crippen LogP contribution is -2.39. The fourth-order valence-corrected chi connectivity index (χ4v) is 4.43. The number of carbonyl (C=O) groups excluding carboxylic acids is 2. The normalized spacial score (nSPS) is 28.7. The minimum Gasteiger partial charge on any atom is -0.338 e. The maximum Gasteiger partial charge on any atom is 0.321 e. The highest BCUT2D eigenvalue weighted by Crippen LogP contribution is 2.58. The Morgan fingerprint density at radius 1 is 1.08 bits per heavy atom. The van der Waals surface area contributed by atoms with E-state index in [1.165, 1.54) is 30.6 Å². The molecule has 4 N–H and O–H groups in total. The van der Waals surface area contributed by atoms with Gasteiger partial charge < -0.3 is 11.1 Å². The molecule has 3 saturated carbocycles. The molecule has 3 aliphatic rings. The van der Waals surface area contributed by atoms with E-state index in [1.54, 1.807) is 45.4 Å². The van der Waals surface area contributed by atoms with Gasteiger partial charge in [-0.1, -0.05) is 19.9 Å². The third kappa shape index (κ3) is 5.93. The first kappa shape index (κ1) is 20.7. The molecule has 0 radical (unpaired) electrons. The van der Waals surface area contributed by atoms with Crippen molar-refractivity contribution in [2.45, 2.75) is 59.3 Å². The molecule has 4 atom stereocenters. The van der Waals surface area contributed by atoms with Gasteiger partial charge in [0.15, 0.2) is 0 Å². The van der Waals surface area contributed by atoms with Crippen LogP contribution in [0.2, 0.25) is 0 Å². The number of amides is 3. The van der Waals surface area contributed by atoms with Crippen LogP contribution in [-0.2, 0) is 4.79 Å². The standard InChI is InChI=1S/C10H16.C7H12N2O2.C2H7N/c1-2-9-7-4-5-8(6-7)10(9)3-1;1-4-8-7(11)9-6(10)5(2)3;1-2-3/h7-10H,1-6H2;2,4H2,1,3H3,(H2,8,9,10,11);2-3H2,1H3. The Balaban J connectivity index is 0.000000207. The van der Waals surface area contributed by atoms with Gasteiger partial charge in [0.25, 0.3) is 5.91 Å². The molecule has 5 heteroatoms. The van der Waals surface area contributed by atoms with Crippen molar-refractivity contribution in [3.63, 3.8) is 0 Å². The van der Waals surface area contributed by atoms with E-state index >= 15 is 0 Å². The third-order valence-electron chi connectivity index (χ3n) is 5.30. The van der Waals surface area contributed by atoms with Crippen molar-refractivity contribution < 1.29 is 9.59 Å². The van der Waals surface area contributed by atoms with Gasteiger partial charge in [0, 0.05) is 12.1 Å². The smallest absolute Gasteiger partial charge is 0.321 e. The molecule has 0 spiro atoms. The number of nitrogens with one attached hydrogen (secondary N) is 2. The van der Waals surface area contributed by atoms with Crippen molar-refractivity contribution >= 4 is 11.9 Å². The number of rotatable bonds is 2. The van der Waals surface area contributed by atoms with Gasteiger partial charge in [0.1, 0.15) is 0 Å². The molecule has 0 saturated heterocycles. The molecule has 5 nitrogen and oxygen atoms in total. The van der Waals surface area contributed by atoms with E-state index in [4.69, 9.17) is 5.73 Å². The summed E-state index contributed by atoms with van der Waals surface area (Å²) in [6.45, 7) is 9.83. The summed E-state index contributed by atoms with van der Waals surface area (Å²) in [6, 6.07) is -0.486. The Kier molecular flexibility index (Phi) is 9.04. The Morgan fingerprint density at radius 2 is 1.58 bits per heavy atom. The van der Waals surface area contributed by atoms with Gasteiger partial charge in [0.05, 0.1) is 0 Å². The number of urea groups is 1. The molecule has 4 unspecified atom stereocenters. The number of carbonyl (C=O) groups is 2. The molecule has 138 valence electrons. The second-order valence-corrected chi connectivity index (χ2v) is 7.09. The fourth-order valence-electron chi connectivity index (χ4n) is 4.43. The topological polar surface area (TPSA) is 84.2 Å². The quantitative estimate of drug-likeness (QED) is 0.677. The SMILES string of the molecule is C1CC2C3CCC(C3)C2C1.C=C(C)C(=O)NC(=O)NCC.CCN. The molecular weight excluding hydrogens is 302 g/mol. The highest BCUT2D eigenvalue weighted by molar-refractivity contribution is 6.02. The lowest BCUT2D eigenvalue weighted by Gasteiger charge is -2.23. The van der Waals surface area contributed by atoms with Crippen molar-refractivity contribution in [2.75, 3.05) is 13.1 Å². The van der Waals surface area contributed by atoms with Crippen LogP contribution in [0.25, 0.3) is 0 Å². The van der Waals surface area contributed by atoms with Gasteiger partial charge in [-0.3, -0.25) is 10.1 Å². The van der Waals surface area contributed by atoms with Crippen LogP contribution >= 0.6 is 0 Å². The summed E-state index contributed by atoms with van der Waals surface area (Å²) in [6.07, 6.45) is 9.53. The van der Waals surface area contributed by atoms with Gasteiger partial charge in [-0.05, 0) is 76.2 Å². The molecule has 2 bridgehead atoms. The first-order valence-corrected chi connectivity index (χ1v) is 9.39. The van der Waals surface area contributed by atoms with E-state index in [-0.39, 0.29) is 0 Å². The van der Waals surface area contributed by atoms with E-state index in [0.29, 0.717) is 12.1 Å². The summed E-state index contributed by atoms with van der Waals surface area (Å²) in [5.74, 6) is 4.35. The zero-order valence-electron chi connectivity index (χ0n) is 15.6. The molecular formula is C19H35N3O2. The minimum absolute atomic E-state index is 0.316. The van der Waals surface area contributed by atoms with Crippen molar-refractivity contribution in [1.82, 2.24) is 10.6 Å². The first-order chi connectivity index (χ1) is 11.4.